The summed E-state index contributed by atoms with van der Waals surface area (Å²) in [5.74, 6) is 0. The number of hydrogen-bond acceptors (Lipinski definition) is 2. The van der Waals surface area contributed by atoms with E-state index < -0.39 is 0 Å². The van der Waals surface area contributed by atoms with Crippen LogP contribution in [0.5, 0.6) is 0 Å². The van der Waals surface area contributed by atoms with Crippen molar-refractivity contribution in [1.82, 2.24) is 5.32 Å². The summed E-state index contributed by atoms with van der Waals surface area (Å²) >= 11 is 5.33. The van der Waals surface area contributed by atoms with Crippen LogP contribution in [-0.2, 0) is 0 Å². The molecule has 0 unspecified atom stereocenters. The third-order valence-corrected chi connectivity index (χ3v) is 1.79. The first-order chi connectivity index (χ1) is 5.91. The summed E-state index contributed by atoms with van der Waals surface area (Å²) in [6.45, 7) is 2.21. The van der Waals surface area contributed by atoms with E-state index in [0.29, 0.717) is 6.61 Å². The second-order valence-corrected chi connectivity index (χ2v) is 2.96. The van der Waals surface area contributed by atoms with Crippen LogP contribution in [0.25, 0.3) is 0 Å². The molecule has 2 N–H and O–H groups in total. The highest BCUT2D eigenvalue weighted by Gasteiger charge is 1.87. The molecule has 0 saturated carbocycles. The Hall–Kier alpha value is -0.0500. The third-order valence-electron chi connectivity index (χ3n) is 1.61. The van der Waals surface area contributed by atoms with Crippen LogP contribution in [0.1, 0.15) is 25.7 Å². The molecule has 0 saturated heterocycles. The first-order valence-corrected chi connectivity index (χ1v) is 4.92. The van der Waals surface area contributed by atoms with Crippen molar-refractivity contribution >= 4 is 11.6 Å². The first-order valence-electron chi connectivity index (χ1n) is 4.48. The standard InChI is InChI=1S/C9H18ClNO/c10-6-5-8-11-7-3-1-2-4-9-12/h5-6,11-12H,1-4,7-9H2/b6-5+. The Kier molecular flexibility index (Phi) is 10.9. The molecular formula is C9H18ClNO. The van der Waals surface area contributed by atoms with Gasteiger partial charge in [0.2, 0.25) is 0 Å². The van der Waals surface area contributed by atoms with Gasteiger partial charge in [0.05, 0.1) is 0 Å². The number of halogens is 1. The van der Waals surface area contributed by atoms with Gasteiger partial charge in [0.1, 0.15) is 0 Å². The second-order valence-electron chi connectivity index (χ2n) is 2.70. The highest BCUT2D eigenvalue weighted by atomic mass is 35.5. The van der Waals surface area contributed by atoms with E-state index in [9.17, 15) is 0 Å². The molecule has 0 amide bonds. The van der Waals surface area contributed by atoms with Crippen molar-refractivity contribution in [3.63, 3.8) is 0 Å². The lowest BCUT2D eigenvalue weighted by molar-refractivity contribution is 0.282. The summed E-state index contributed by atoms with van der Waals surface area (Å²) in [6, 6.07) is 0. The topological polar surface area (TPSA) is 32.3 Å². The van der Waals surface area contributed by atoms with Gasteiger partial charge in [-0.3, -0.25) is 0 Å². The van der Waals surface area contributed by atoms with Gasteiger partial charge < -0.3 is 10.4 Å². The van der Waals surface area contributed by atoms with Crippen molar-refractivity contribution in [3.05, 3.63) is 11.6 Å². The van der Waals surface area contributed by atoms with Gasteiger partial charge in [-0.05, 0) is 19.4 Å². The molecule has 72 valence electrons. The molecule has 0 aliphatic rings. The van der Waals surface area contributed by atoms with E-state index in [1.165, 1.54) is 18.4 Å². The zero-order valence-electron chi connectivity index (χ0n) is 7.43. The minimum atomic E-state index is 0.322. The van der Waals surface area contributed by atoms with Crippen molar-refractivity contribution in [2.24, 2.45) is 0 Å². The zero-order chi connectivity index (χ0) is 9.07. The Labute approximate surface area is 79.6 Å². The van der Waals surface area contributed by atoms with Gasteiger partial charge in [-0.25, -0.2) is 0 Å². The van der Waals surface area contributed by atoms with Crippen LogP contribution in [0.3, 0.4) is 0 Å². The van der Waals surface area contributed by atoms with E-state index in [1.54, 1.807) is 0 Å². The zero-order valence-corrected chi connectivity index (χ0v) is 8.19. The lowest BCUT2D eigenvalue weighted by Gasteiger charge is -2.00. The summed E-state index contributed by atoms with van der Waals surface area (Å²) in [4.78, 5) is 0. The van der Waals surface area contributed by atoms with E-state index in [2.05, 4.69) is 5.32 Å². The van der Waals surface area contributed by atoms with Crippen LogP contribution in [0.4, 0.5) is 0 Å². The average molecular weight is 192 g/mol. The lowest BCUT2D eigenvalue weighted by atomic mass is 10.2. The Balaban J connectivity index is 2.81. The van der Waals surface area contributed by atoms with E-state index >= 15 is 0 Å². The van der Waals surface area contributed by atoms with Crippen LogP contribution >= 0.6 is 11.6 Å². The average Bonchev–Trinajstić information content (AvgIpc) is 2.10. The summed E-state index contributed by atoms with van der Waals surface area (Å²) in [6.07, 6.45) is 6.31. The van der Waals surface area contributed by atoms with Gasteiger partial charge in [-0.1, -0.05) is 30.5 Å². The van der Waals surface area contributed by atoms with Gasteiger partial charge in [-0.15, -0.1) is 0 Å². The van der Waals surface area contributed by atoms with Crippen LogP contribution in [0.15, 0.2) is 11.6 Å². The molecule has 0 fully saturated rings. The maximum absolute atomic E-state index is 8.50. The Morgan fingerprint density at radius 2 is 1.92 bits per heavy atom. The van der Waals surface area contributed by atoms with Crippen molar-refractivity contribution in [3.8, 4) is 0 Å². The maximum atomic E-state index is 8.50. The predicted octanol–water partition coefficient (Wildman–Crippen LogP) is 1.88. The van der Waals surface area contributed by atoms with Crippen LogP contribution < -0.4 is 5.32 Å². The van der Waals surface area contributed by atoms with E-state index in [1.807, 2.05) is 6.08 Å². The third kappa shape index (κ3) is 9.95. The van der Waals surface area contributed by atoms with Crippen molar-refractivity contribution < 1.29 is 5.11 Å². The van der Waals surface area contributed by atoms with Crippen LogP contribution in [0.2, 0.25) is 0 Å². The summed E-state index contributed by atoms with van der Waals surface area (Å²) < 4.78 is 0. The second kappa shape index (κ2) is 11.0. The van der Waals surface area contributed by atoms with Gasteiger partial charge in [0.25, 0.3) is 0 Å². The quantitative estimate of drug-likeness (QED) is 0.575. The van der Waals surface area contributed by atoms with Crippen molar-refractivity contribution in [2.75, 3.05) is 19.7 Å². The summed E-state index contributed by atoms with van der Waals surface area (Å²) in [5, 5.41) is 11.7. The van der Waals surface area contributed by atoms with E-state index in [-0.39, 0.29) is 0 Å². The number of unbranched alkanes of at least 4 members (excludes halogenated alkanes) is 3. The molecule has 0 bridgehead atoms. The lowest BCUT2D eigenvalue weighted by Crippen LogP contribution is -2.14. The van der Waals surface area contributed by atoms with Crippen molar-refractivity contribution in [1.29, 1.82) is 0 Å². The Morgan fingerprint density at radius 1 is 1.17 bits per heavy atom. The monoisotopic (exact) mass is 191 g/mol. The maximum Gasteiger partial charge on any atom is 0.0431 e. The molecule has 0 aromatic rings. The fraction of sp³-hybridized carbons (Fsp3) is 0.778. The normalized spacial score (nSPS) is 11.2. The number of hydrogen-bond donors (Lipinski definition) is 2. The van der Waals surface area contributed by atoms with Gasteiger partial charge in [0, 0.05) is 18.7 Å². The smallest absolute Gasteiger partial charge is 0.0431 e. The minimum absolute atomic E-state index is 0.322. The van der Waals surface area contributed by atoms with Crippen molar-refractivity contribution in [2.45, 2.75) is 25.7 Å². The highest BCUT2D eigenvalue weighted by molar-refractivity contribution is 6.25. The first kappa shape index (κ1) is 11.9. The largest absolute Gasteiger partial charge is 0.396 e. The molecule has 0 aromatic heterocycles. The highest BCUT2D eigenvalue weighted by Crippen LogP contribution is 1.97. The summed E-state index contributed by atoms with van der Waals surface area (Å²) in [5.41, 5.74) is 1.53. The van der Waals surface area contributed by atoms with Crippen LogP contribution in [0, 0.1) is 0 Å². The predicted molar refractivity (Wildman–Crippen MR) is 53.4 cm³/mol. The van der Waals surface area contributed by atoms with Crippen LogP contribution in [-0.4, -0.2) is 24.8 Å². The molecule has 0 rings (SSSR count). The fourth-order valence-corrected chi connectivity index (χ4v) is 1.03. The molecule has 2 nitrogen and oxygen atoms in total. The molecule has 0 radical (unpaired) electrons. The molecule has 0 aromatic carbocycles. The number of nitrogens with one attached hydrogen (secondary N) is 1. The van der Waals surface area contributed by atoms with Gasteiger partial charge in [-0.2, -0.15) is 0 Å². The number of aliphatic hydroxyl groups is 1. The molecule has 0 atom stereocenters. The molecular weight excluding hydrogens is 174 g/mol. The number of rotatable bonds is 8. The molecule has 0 aliphatic carbocycles. The van der Waals surface area contributed by atoms with Gasteiger partial charge in [0.15, 0.2) is 0 Å². The molecule has 12 heavy (non-hydrogen) atoms. The molecule has 0 aliphatic heterocycles. The van der Waals surface area contributed by atoms with Gasteiger partial charge >= 0.3 is 0 Å². The Bertz CT molecular complexity index is 107. The molecule has 0 spiro atoms. The Morgan fingerprint density at radius 3 is 2.58 bits per heavy atom. The minimum Gasteiger partial charge on any atom is -0.396 e. The summed E-state index contributed by atoms with van der Waals surface area (Å²) in [7, 11) is 0. The number of aliphatic hydroxyl groups excluding tert-OH is 1. The molecule has 0 heterocycles. The fourth-order valence-electron chi connectivity index (χ4n) is 0.945. The van der Waals surface area contributed by atoms with E-state index in [0.717, 1.165) is 25.9 Å². The molecule has 3 heteroatoms. The SMILES string of the molecule is OCCCCCCNC/C=C/Cl. The van der Waals surface area contributed by atoms with E-state index in [4.69, 9.17) is 16.7 Å².